The number of aromatic nitrogens is 2. The zero-order chi connectivity index (χ0) is 13.5. The highest BCUT2D eigenvalue weighted by Gasteiger charge is 2.72. The normalized spacial score (nSPS) is 32.3. The van der Waals surface area contributed by atoms with E-state index in [-0.39, 0.29) is 5.56 Å². The topological polar surface area (TPSA) is 17.8 Å². The smallest absolute Gasteiger partial charge is 0.204 e. The summed E-state index contributed by atoms with van der Waals surface area (Å²) < 4.78 is 67.3. The number of alkyl halides is 5. The van der Waals surface area contributed by atoms with E-state index in [1.807, 2.05) is 0 Å². The highest BCUT2D eigenvalue weighted by molar-refractivity contribution is 7.97. The number of nitrogens with zero attached hydrogens (tertiary/aromatic N) is 2. The highest BCUT2D eigenvalue weighted by Crippen LogP contribution is 2.72. The van der Waals surface area contributed by atoms with Gasteiger partial charge in [-0.25, -0.2) is 4.09 Å². The van der Waals surface area contributed by atoms with Crippen LogP contribution in [-0.2, 0) is 12.1 Å². The first-order valence-corrected chi connectivity index (χ1v) is 6.52. The Kier molecular flexibility index (Phi) is 2.18. The van der Waals surface area contributed by atoms with Crippen LogP contribution in [0.5, 0.6) is 0 Å². The Morgan fingerprint density at radius 3 is 2.44 bits per heavy atom. The molecule has 8 heteroatoms. The lowest BCUT2D eigenvalue weighted by atomic mass is 10.1. The molecule has 100 valence electrons. The molecule has 1 heterocycles. The zero-order valence-corrected chi connectivity index (χ0v) is 10.2. The standard InChI is InChI=1S/C10H9F5N2S/c1-3-4-5-7(10(13,14)15)16-17(18-2)8(5)9(11,12)6(3)4/h3-4,6H,1-2H3/t3-,4-,6-/m1/s1. The minimum absolute atomic E-state index is 0.292. The molecule has 2 aliphatic carbocycles. The van der Waals surface area contributed by atoms with Crippen molar-refractivity contribution in [2.24, 2.45) is 11.8 Å². The molecule has 1 aromatic heterocycles. The van der Waals surface area contributed by atoms with Crippen molar-refractivity contribution in [3.63, 3.8) is 0 Å². The summed E-state index contributed by atoms with van der Waals surface area (Å²) in [6, 6.07) is 0. The van der Waals surface area contributed by atoms with Crippen molar-refractivity contribution in [2.75, 3.05) is 6.26 Å². The molecule has 0 bridgehead atoms. The Labute approximate surface area is 104 Å². The van der Waals surface area contributed by atoms with E-state index in [1.165, 1.54) is 6.26 Å². The Bertz CT molecular complexity index is 521. The van der Waals surface area contributed by atoms with Gasteiger partial charge in [0.1, 0.15) is 5.69 Å². The van der Waals surface area contributed by atoms with Crippen molar-refractivity contribution in [2.45, 2.75) is 24.9 Å². The summed E-state index contributed by atoms with van der Waals surface area (Å²) in [5.41, 5.74) is -2.00. The summed E-state index contributed by atoms with van der Waals surface area (Å²) >= 11 is 0.763. The molecule has 0 aromatic carbocycles. The molecule has 3 rings (SSSR count). The third-order valence-corrected chi connectivity index (χ3v) is 4.39. The molecule has 2 nitrogen and oxygen atoms in total. The van der Waals surface area contributed by atoms with Crippen LogP contribution in [0.25, 0.3) is 0 Å². The van der Waals surface area contributed by atoms with Gasteiger partial charge in [-0.05, 0) is 17.9 Å². The molecule has 3 atom stereocenters. The predicted octanol–water partition coefficient (Wildman–Crippen LogP) is 3.48. The number of rotatable bonds is 1. The molecule has 1 aromatic rings. The van der Waals surface area contributed by atoms with Crippen LogP contribution in [0.3, 0.4) is 0 Å². The average molecular weight is 284 g/mol. The lowest BCUT2D eigenvalue weighted by molar-refractivity contribution is -0.141. The Morgan fingerprint density at radius 2 is 1.94 bits per heavy atom. The molecular weight excluding hydrogens is 275 g/mol. The van der Waals surface area contributed by atoms with Crippen molar-refractivity contribution in [1.82, 2.24) is 9.19 Å². The molecule has 0 saturated heterocycles. The van der Waals surface area contributed by atoms with Crippen LogP contribution in [0.4, 0.5) is 22.0 Å². The first-order valence-electron chi connectivity index (χ1n) is 5.34. The quantitative estimate of drug-likeness (QED) is 0.735. The lowest BCUT2D eigenvalue weighted by Gasteiger charge is -2.14. The molecule has 0 spiro atoms. The molecule has 0 N–H and O–H groups in total. The van der Waals surface area contributed by atoms with Gasteiger partial charge in [-0.1, -0.05) is 6.92 Å². The molecule has 18 heavy (non-hydrogen) atoms. The number of halogens is 5. The second kappa shape index (κ2) is 3.20. The van der Waals surface area contributed by atoms with Crippen LogP contribution >= 0.6 is 11.9 Å². The summed E-state index contributed by atoms with van der Waals surface area (Å²) in [5.74, 6) is -5.32. The van der Waals surface area contributed by atoms with E-state index in [2.05, 4.69) is 5.10 Å². The van der Waals surface area contributed by atoms with E-state index in [1.54, 1.807) is 6.92 Å². The average Bonchev–Trinajstić information content (AvgIpc) is 2.68. The van der Waals surface area contributed by atoms with Gasteiger partial charge in [-0.2, -0.15) is 27.1 Å². The third-order valence-electron chi connectivity index (χ3n) is 3.78. The molecule has 0 radical (unpaired) electrons. The van der Waals surface area contributed by atoms with Gasteiger partial charge in [0.2, 0.25) is 0 Å². The minimum atomic E-state index is -4.68. The third kappa shape index (κ3) is 1.27. The summed E-state index contributed by atoms with van der Waals surface area (Å²) in [6.45, 7) is 1.56. The van der Waals surface area contributed by atoms with Gasteiger partial charge in [-0.3, -0.25) is 0 Å². The Hall–Kier alpha value is -0.790. The number of hydrogen-bond donors (Lipinski definition) is 0. The van der Waals surface area contributed by atoms with Crippen LogP contribution in [0, 0.1) is 11.8 Å². The van der Waals surface area contributed by atoms with Crippen LogP contribution in [0.1, 0.15) is 29.8 Å². The fraction of sp³-hybridized carbons (Fsp3) is 0.700. The lowest BCUT2D eigenvalue weighted by Crippen LogP contribution is -2.19. The Balaban J connectivity index is 2.25. The van der Waals surface area contributed by atoms with E-state index in [0.717, 1.165) is 16.0 Å². The van der Waals surface area contributed by atoms with Gasteiger partial charge in [0.15, 0.2) is 5.69 Å². The summed E-state index contributed by atoms with van der Waals surface area (Å²) in [7, 11) is 0. The molecule has 2 aliphatic rings. The van der Waals surface area contributed by atoms with E-state index in [4.69, 9.17) is 0 Å². The predicted molar refractivity (Wildman–Crippen MR) is 55.4 cm³/mol. The van der Waals surface area contributed by atoms with Crippen molar-refractivity contribution in [3.05, 3.63) is 17.0 Å². The molecule has 0 unspecified atom stereocenters. The zero-order valence-electron chi connectivity index (χ0n) is 9.42. The molecule has 0 aliphatic heterocycles. The van der Waals surface area contributed by atoms with Gasteiger partial charge in [0, 0.05) is 23.7 Å². The molecule has 0 amide bonds. The maximum absolute atomic E-state index is 14.0. The second-order valence-corrected chi connectivity index (χ2v) is 5.41. The van der Waals surface area contributed by atoms with Crippen molar-refractivity contribution < 1.29 is 22.0 Å². The number of fused-ring (bicyclic) bond motifs is 3. The van der Waals surface area contributed by atoms with Crippen LogP contribution in [0.2, 0.25) is 0 Å². The van der Waals surface area contributed by atoms with Gasteiger partial charge < -0.3 is 0 Å². The van der Waals surface area contributed by atoms with Gasteiger partial charge >= 0.3 is 6.18 Å². The van der Waals surface area contributed by atoms with Crippen LogP contribution in [-0.4, -0.2) is 15.4 Å². The van der Waals surface area contributed by atoms with Crippen molar-refractivity contribution in [1.29, 1.82) is 0 Å². The molecular formula is C10H9F5N2S. The van der Waals surface area contributed by atoms with E-state index >= 15 is 0 Å². The van der Waals surface area contributed by atoms with E-state index in [0.29, 0.717) is 0 Å². The summed E-state index contributed by atoms with van der Waals surface area (Å²) in [5, 5.41) is 3.30. The highest BCUT2D eigenvalue weighted by atomic mass is 32.2. The molecule has 1 saturated carbocycles. The maximum atomic E-state index is 14.0. The van der Waals surface area contributed by atoms with Crippen molar-refractivity contribution >= 4 is 11.9 Å². The van der Waals surface area contributed by atoms with E-state index in [9.17, 15) is 22.0 Å². The van der Waals surface area contributed by atoms with Gasteiger partial charge in [0.25, 0.3) is 5.92 Å². The fourth-order valence-electron chi connectivity index (χ4n) is 2.99. The second-order valence-electron chi connectivity index (χ2n) is 4.70. The molecule has 1 fully saturated rings. The summed E-state index contributed by atoms with van der Waals surface area (Å²) in [6.07, 6.45) is -3.25. The van der Waals surface area contributed by atoms with Gasteiger partial charge in [0.05, 0.1) is 0 Å². The van der Waals surface area contributed by atoms with Gasteiger partial charge in [-0.15, -0.1) is 0 Å². The van der Waals surface area contributed by atoms with Crippen molar-refractivity contribution in [3.8, 4) is 0 Å². The fourth-order valence-corrected chi connectivity index (χ4v) is 3.56. The minimum Gasteiger partial charge on any atom is -0.204 e. The number of hydrogen-bond acceptors (Lipinski definition) is 2. The maximum Gasteiger partial charge on any atom is 0.435 e. The van der Waals surface area contributed by atoms with Crippen LogP contribution in [0.15, 0.2) is 0 Å². The SMILES string of the molecule is CSn1nc(C(F)(F)F)c2c1C(F)(F)[C@@H]1[C@H](C)[C@H]21. The Morgan fingerprint density at radius 1 is 1.33 bits per heavy atom. The summed E-state index contributed by atoms with van der Waals surface area (Å²) in [4.78, 5) is 0. The monoisotopic (exact) mass is 284 g/mol. The van der Waals surface area contributed by atoms with E-state index < -0.39 is 41.2 Å². The largest absolute Gasteiger partial charge is 0.435 e. The van der Waals surface area contributed by atoms with Crippen LogP contribution < -0.4 is 0 Å². The first kappa shape index (κ1) is 12.3. The first-order chi connectivity index (χ1) is 8.21.